The van der Waals surface area contributed by atoms with Crippen LogP contribution in [0.1, 0.15) is 119 Å². The second kappa shape index (κ2) is 118. The summed E-state index contributed by atoms with van der Waals surface area (Å²) in [5.41, 5.74) is 0. The average Bonchev–Trinajstić information content (AvgIpc) is 3.09. The summed E-state index contributed by atoms with van der Waals surface area (Å²) in [5.74, 6) is 0. The van der Waals surface area contributed by atoms with Crippen molar-refractivity contribution in [3.63, 3.8) is 0 Å². The highest BCUT2D eigenvalue weighted by molar-refractivity contribution is 6.76. The largest absolute Gasteiger partial charge is 0.422 e. The van der Waals surface area contributed by atoms with Gasteiger partial charge < -0.3 is 65.1 Å². The van der Waals surface area contributed by atoms with Gasteiger partial charge in [-0.3, -0.25) is 0 Å². The Bertz CT molecular complexity index is 635. The van der Waals surface area contributed by atoms with Gasteiger partial charge in [-0.2, -0.15) is 0 Å². The minimum Gasteiger partial charge on any atom is -0.422 e. The van der Waals surface area contributed by atoms with Crippen LogP contribution in [0.25, 0.3) is 0 Å². The Kier molecular flexibility index (Phi) is 245. The lowest BCUT2D eigenvalue weighted by molar-refractivity contribution is 0.0800. The molecule has 0 heterocycles. The lowest BCUT2D eigenvalue weighted by atomic mass is 10.8. The molecule has 0 aromatic heterocycles. The highest BCUT2D eigenvalue weighted by Gasteiger charge is 2.22. The highest BCUT2D eigenvalue weighted by Crippen LogP contribution is 2.04. The molecular formula is C51H156O14Si5. The van der Waals surface area contributed by atoms with Crippen molar-refractivity contribution in [1.82, 2.24) is 0 Å². The van der Waals surface area contributed by atoms with Crippen LogP contribution in [0.2, 0.25) is 72.0 Å². The van der Waals surface area contributed by atoms with Crippen LogP contribution in [0, 0.1) is 0 Å². The Morgan fingerprint density at radius 1 is 0.329 bits per heavy atom. The van der Waals surface area contributed by atoms with E-state index in [-0.39, 0.29) is 129 Å². The number of ether oxygens (including phenoxy) is 10. The van der Waals surface area contributed by atoms with Crippen molar-refractivity contribution in [2.45, 2.75) is 191 Å². The summed E-state index contributed by atoms with van der Waals surface area (Å²) < 4.78 is 70.7. The summed E-state index contributed by atoms with van der Waals surface area (Å²) >= 11 is 0. The van der Waals surface area contributed by atoms with Gasteiger partial charge >= 0.3 is 0 Å². The lowest BCUT2D eigenvalue weighted by Crippen LogP contribution is -2.38. The molecule has 0 unspecified atom stereocenters. The molecule has 0 aliphatic heterocycles. The third kappa shape index (κ3) is 211. The number of methoxy groups -OCH3 is 8. The number of hydrogen-bond donors (Lipinski definition) is 0. The molecule has 70 heavy (non-hydrogen) atoms. The Morgan fingerprint density at radius 3 is 0.857 bits per heavy atom. The fourth-order valence-electron chi connectivity index (χ4n) is 2.68. The zero-order valence-corrected chi connectivity index (χ0v) is 44.4. The number of rotatable bonds is 29. The van der Waals surface area contributed by atoms with E-state index in [1.807, 2.05) is 0 Å². The Morgan fingerprint density at radius 2 is 0.586 bits per heavy atom. The summed E-state index contributed by atoms with van der Waals surface area (Å²) in [6, 6.07) is 0. The molecule has 19 heteroatoms. The van der Waals surface area contributed by atoms with Gasteiger partial charge in [0.05, 0.1) is 107 Å². The van der Waals surface area contributed by atoms with Crippen LogP contribution in [0.5, 0.6) is 0 Å². The molecule has 0 aliphatic carbocycles. The van der Waals surface area contributed by atoms with Crippen molar-refractivity contribution >= 4 is 43.5 Å². The molecule has 0 aromatic carbocycles. The molecule has 464 valence electrons. The van der Waals surface area contributed by atoms with Gasteiger partial charge in [-0.1, -0.05) is 145 Å². The Labute approximate surface area is 459 Å². The molecule has 0 saturated carbocycles. The zero-order valence-electron chi connectivity index (χ0n) is 38.8. The SMILES string of the molecule is C.C.C.C.C.C.C.C.C.C.C.C.C.C.C.C.COCCOC.COCCOC[Si](C)(C)C.COCCOC[Si](C)(C)OCCOC.COCCO[SiH2]C.COCCO[SiH](C)C.COCCO[Si](C)(C)C. The quantitative estimate of drug-likeness (QED) is 0.0520. The van der Waals surface area contributed by atoms with Crippen LogP contribution >= 0.6 is 0 Å². The van der Waals surface area contributed by atoms with Gasteiger partial charge in [0.25, 0.3) is 0 Å². The topological polar surface area (TPSA) is 129 Å². The molecule has 0 saturated heterocycles. The molecule has 0 atom stereocenters. The maximum Gasteiger partial charge on any atom is 0.212 e. The maximum absolute atomic E-state index is 5.70. The first-order valence-electron chi connectivity index (χ1n) is 18.9. The van der Waals surface area contributed by atoms with E-state index >= 15 is 0 Å². The van der Waals surface area contributed by atoms with Gasteiger partial charge in [0.2, 0.25) is 8.32 Å². The summed E-state index contributed by atoms with van der Waals surface area (Å²) in [5, 5.41) is 0. The molecule has 0 rings (SSSR count). The maximum atomic E-state index is 5.70. The highest BCUT2D eigenvalue weighted by atomic mass is 28.4. The van der Waals surface area contributed by atoms with Gasteiger partial charge in [0.15, 0.2) is 27.1 Å². The number of hydrogen-bond acceptors (Lipinski definition) is 14. The van der Waals surface area contributed by atoms with E-state index < -0.39 is 33.7 Å². The minimum absolute atomic E-state index is 0. The van der Waals surface area contributed by atoms with E-state index in [9.17, 15) is 0 Å². The molecule has 0 fully saturated rings. The van der Waals surface area contributed by atoms with Crippen LogP contribution in [0.3, 0.4) is 0 Å². The van der Waals surface area contributed by atoms with Crippen LogP contribution < -0.4 is 0 Å². The minimum atomic E-state index is -1.65. The molecule has 14 nitrogen and oxygen atoms in total. The normalized spacial score (nSPS) is 8.74. The van der Waals surface area contributed by atoms with E-state index in [0.717, 1.165) is 45.9 Å². The Balaban J connectivity index is -0.0000000192. The van der Waals surface area contributed by atoms with Gasteiger partial charge in [-0.05, 0) is 45.8 Å². The predicted octanol–water partition coefficient (Wildman–Crippen LogP) is 14.9. The first-order chi connectivity index (χ1) is 25.3. The summed E-state index contributed by atoms with van der Waals surface area (Å²) in [7, 11) is 8.52. The van der Waals surface area contributed by atoms with Crippen LogP contribution in [-0.2, 0) is 65.1 Å². The first kappa shape index (κ1) is 145. The summed E-state index contributed by atoms with van der Waals surface area (Å²) in [6.45, 7) is 33.9. The van der Waals surface area contributed by atoms with Crippen LogP contribution in [0.15, 0.2) is 0 Å². The van der Waals surface area contributed by atoms with Crippen molar-refractivity contribution in [2.75, 3.05) is 162 Å². The average molecular weight is 1130 g/mol. The van der Waals surface area contributed by atoms with E-state index in [1.165, 1.54) is 0 Å². The first-order valence-corrected chi connectivity index (χ1v) is 33.9. The van der Waals surface area contributed by atoms with E-state index in [2.05, 4.69) is 81.5 Å². The smallest absolute Gasteiger partial charge is 0.212 e. The fourth-order valence-corrected chi connectivity index (χ4v) is 6.46. The van der Waals surface area contributed by atoms with Crippen molar-refractivity contribution in [3.8, 4) is 0 Å². The standard InChI is InChI=1S/C9H22O4Si.C7H18O2Si.C6H16O2Si.C5H14O2Si.C4H12O2Si.C4H10O2.16CH4/c1-10-5-7-12-9-14(3,4)13-8-6-11-2;1-8-5-6-9-7-10(2,3)4;1-7-5-6-8-9(2,3)4;1-6-4-5-7-8(2)3;1-5-3-4-6-7-2;1-5-3-4-6-2;;;;;;;;;;;;;;;;/h5-9H2,1-4H3;5-7H2,1-4H3;5-6H2,1-4H3;8H,4-5H2,1-3H3;3-4,7H2,1-2H3;3-4H2,1-2H3;16*1H4. The van der Waals surface area contributed by atoms with Crippen molar-refractivity contribution in [1.29, 1.82) is 0 Å². The molecule has 0 bridgehead atoms. The molecule has 0 aromatic rings. The Hall–Kier alpha value is 0.524. The van der Waals surface area contributed by atoms with Crippen molar-refractivity contribution in [3.05, 3.63) is 0 Å². The molecule has 0 spiro atoms. The van der Waals surface area contributed by atoms with E-state index in [0.29, 0.717) is 59.1 Å². The summed E-state index contributed by atoms with van der Waals surface area (Å²) in [4.78, 5) is 0. The molecule has 0 N–H and O–H groups in total. The van der Waals surface area contributed by atoms with Crippen LogP contribution in [0.4, 0.5) is 0 Å². The van der Waals surface area contributed by atoms with Crippen molar-refractivity contribution < 1.29 is 65.1 Å². The second-order valence-electron chi connectivity index (χ2n) is 14.3. The molecular weight excluding hydrogens is 977 g/mol. The van der Waals surface area contributed by atoms with Gasteiger partial charge in [0, 0.05) is 63.1 Å². The van der Waals surface area contributed by atoms with Gasteiger partial charge in [0.1, 0.15) is 0 Å². The lowest BCUT2D eigenvalue weighted by Gasteiger charge is -2.22. The third-order valence-electron chi connectivity index (χ3n) is 5.32. The second-order valence-corrected chi connectivity index (χ2v) is 31.7. The van der Waals surface area contributed by atoms with E-state index in [4.69, 9.17) is 55.6 Å². The zero-order chi connectivity index (χ0) is 43.0. The molecule has 0 radical (unpaired) electrons. The predicted molar refractivity (Wildman–Crippen MR) is 346 cm³/mol. The van der Waals surface area contributed by atoms with Crippen LogP contribution in [-0.4, -0.2) is 205 Å². The monoisotopic (exact) mass is 1130 g/mol. The summed E-state index contributed by atoms with van der Waals surface area (Å²) in [6.07, 6.45) is 1.65. The molecule has 0 aliphatic rings. The fraction of sp³-hybridized carbons (Fsp3) is 1.00. The van der Waals surface area contributed by atoms with Gasteiger partial charge in [-0.25, -0.2) is 0 Å². The van der Waals surface area contributed by atoms with Gasteiger partial charge in [-0.15, -0.1) is 0 Å². The third-order valence-corrected chi connectivity index (χ3v) is 10.9. The van der Waals surface area contributed by atoms with Crippen molar-refractivity contribution in [2.24, 2.45) is 0 Å². The van der Waals surface area contributed by atoms with E-state index in [1.54, 1.807) is 56.9 Å². The molecule has 0 amide bonds.